The van der Waals surface area contributed by atoms with Crippen LogP contribution in [0.5, 0.6) is 0 Å². The fraction of sp³-hybridized carbons (Fsp3) is 0.533. The molecule has 118 valence electrons. The van der Waals surface area contributed by atoms with Crippen molar-refractivity contribution < 1.29 is 14.3 Å². The maximum Gasteiger partial charge on any atom is 0.173 e. The molecule has 21 heavy (non-hydrogen) atoms. The summed E-state index contributed by atoms with van der Waals surface area (Å²) in [5, 5.41) is 14.7. The Balaban J connectivity index is 2.64. The van der Waals surface area contributed by atoms with Crippen molar-refractivity contribution >= 4 is 5.84 Å². The van der Waals surface area contributed by atoms with Crippen LogP contribution in [0, 0.1) is 11.2 Å². The highest BCUT2D eigenvalue weighted by atomic mass is 19.1. The van der Waals surface area contributed by atoms with E-state index in [1.165, 1.54) is 6.07 Å². The maximum absolute atomic E-state index is 14.2. The molecule has 0 unspecified atom stereocenters. The first-order chi connectivity index (χ1) is 9.91. The number of rotatable bonds is 8. The third kappa shape index (κ3) is 5.32. The zero-order chi connectivity index (χ0) is 15.9. The number of halogens is 1. The van der Waals surface area contributed by atoms with Gasteiger partial charge in [0.25, 0.3) is 0 Å². The lowest BCUT2D eigenvalue weighted by molar-refractivity contribution is 0.150. The molecule has 0 aliphatic rings. The van der Waals surface area contributed by atoms with Crippen LogP contribution >= 0.6 is 0 Å². The number of nitrogens with two attached hydrogens (primary N) is 1. The largest absolute Gasteiger partial charge is 0.409 e. The van der Waals surface area contributed by atoms with Gasteiger partial charge in [0, 0.05) is 32.4 Å². The molecule has 0 saturated heterocycles. The maximum atomic E-state index is 14.2. The molecule has 0 saturated carbocycles. The summed E-state index contributed by atoms with van der Waals surface area (Å²) < 4.78 is 19.3. The Morgan fingerprint density at radius 1 is 1.48 bits per heavy atom. The van der Waals surface area contributed by atoms with E-state index in [0.717, 1.165) is 13.0 Å². The highest BCUT2D eigenvalue weighted by Crippen LogP contribution is 2.19. The lowest BCUT2D eigenvalue weighted by atomic mass is 9.89. The van der Waals surface area contributed by atoms with Gasteiger partial charge in [-0.25, -0.2) is 4.39 Å². The predicted octanol–water partition coefficient (Wildman–Crippen LogP) is 2.07. The number of benzene rings is 1. The van der Waals surface area contributed by atoms with Crippen molar-refractivity contribution in [2.24, 2.45) is 16.3 Å². The van der Waals surface area contributed by atoms with Gasteiger partial charge < -0.3 is 21.0 Å². The van der Waals surface area contributed by atoms with E-state index in [-0.39, 0.29) is 16.8 Å². The third-order valence-electron chi connectivity index (χ3n) is 3.36. The number of oxime groups is 1. The molecule has 0 radical (unpaired) electrons. The van der Waals surface area contributed by atoms with Gasteiger partial charge in [0.05, 0.1) is 5.56 Å². The second-order valence-corrected chi connectivity index (χ2v) is 5.77. The predicted molar refractivity (Wildman–Crippen MR) is 80.9 cm³/mol. The molecule has 1 aromatic carbocycles. The first kappa shape index (κ1) is 17.4. The van der Waals surface area contributed by atoms with Gasteiger partial charge in [-0.1, -0.05) is 31.1 Å². The Morgan fingerprint density at radius 3 is 2.81 bits per heavy atom. The molecule has 4 N–H and O–H groups in total. The number of methoxy groups -OCH3 is 1. The highest BCUT2D eigenvalue weighted by molar-refractivity contribution is 5.97. The van der Waals surface area contributed by atoms with E-state index in [2.05, 4.69) is 24.3 Å². The molecule has 0 aromatic heterocycles. The van der Waals surface area contributed by atoms with Gasteiger partial charge in [-0.05, 0) is 17.9 Å². The van der Waals surface area contributed by atoms with Crippen LogP contribution in [0.4, 0.5) is 4.39 Å². The van der Waals surface area contributed by atoms with E-state index in [0.29, 0.717) is 18.7 Å². The van der Waals surface area contributed by atoms with Crippen LogP contribution in [0.15, 0.2) is 23.4 Å². The molecule has 0 atom stereocenters. The van der Waals surface area contributed by atoms with E-state index in [4.69, 9.17) is 15.7 Å². The summed E-state index contributed by atoms with van der Waals surface area (Å²) >= 11 is 0. The SMILES string of the molecule is COCCC(C)(C)CNCc1cccc(/C(N)=N/O)c1F. The van der Waals surface area contributed by atoms with Crippen molar-refractivity contribution in [2.75, 3.05) is 20.3 Å². The summed E-state index contributed by atoms with van der Waals surface area (Å²) in [7, 11) is 1.68. The van der Waals surface area contributed by atoms with Gasteiger partial charge in [0.2, 0.25) is 0 Å². The van der Waals surface area contributed by atoms with Gasteiger partial charge in [-0.3, -0.25) is 0 Å². The quantitative estimate of drug-likeness (QED) is 0.297. The topological polar surface area (TPSA) is 79.9 Å². The number of nitrogens with zero attached hydrogens (tertiary/aromatic N) is 1. The molecule has 1 rings (SSSR count). The monoisotopic (exact) mass is 297 g/mol. The van der Waals surface area contributed by atoms with Crippen LogP contribution in [0.2, 0.25) is 0 Å². The van der Waals surface area contributed by atoms with Crippen molar-refractivity contribution in [3.05, 3.63) is 35.1 Å². The third-order valence-corrected chi connectivity index (χ3v) is 3.36. The van der Waals surface area contributed by atoms with E-state index in [1.54, 1.807) is 19.2 Å². The van der Waals surface area contributed by atoms with Crippen LogP contribution in [0.25, 0.3) is 0 Å². The summed E-state index contributed by atoms with van der Waals surface area (Å²) in [5.74, 6) is -0.690. The van der Waals surface area contributed by atoms with Gasteiger partial charge in [0.15, 0.2) is 5.84 Å². The minimum absolute atomic E-state index is 0.0652. The number of amidine groups is 1. The van der Waals surface area contributed by atoms with Crippen molar-refractivity contribution in [3.63, 3.8) is 0 Å². The van der Waals surface area contributed by atoms with Crippen LogP contribution in [0.3, 0.4) is 0 Å². The molecular weight excluding hydrogens is 273 g/mol. The number of hydrogen-bond acceptors (Lipinski definition) is 4. The molecule has 0 amide bonds. The molecule has 5 nitrogen and oxygen atoms in total. The first-order valence-corrected chi connectivity index (χ1v) is 6.86. The Morgan fingerprint density at radius 2 is 2.19 bits per heavy atom. The van der Waals surface area contributed by atoms with Crippen molar-refractivity contribution in [1.29, 1.82) is 0 Å². The van der Waals surface area contributed by atoms with Gasteiger partial charge in [0.1, 0.15) is 5.82 Å². The molecule has 0 aliphatic carbocycles. The van der Waals surface area contributed by atoms with Crippen LogP contribution in [-0.2, 0) is 11.3 Å². The van der Waals surface area contributed by atoms with Crippen LogP contribution in [-0.4, -0.2) is 31.3 Å². The van der Waals surface area contributed by atoms with E-state index < -0.39 is 5.82 Å². The number of ether oxygens (including phenoxy) is 1. The van der Waals surface area contributed by atoms with Crippen LogP contribution in [0.1, 0.15) is 31.4 Å². The second kappa shape index (κ2) is 7.95. The molecule has 0 aliphatic heterocycles. The minimum Gasteiger partial charge on any atom is -0.409 e. The average Bonchev–Trinajstić information content (AvgIpc) is 2.46. The normalized spacial score (nSPS) is 12.7. The van der Waals surface area contributed by atoms with Crippen LogP contribution < -0.4 is 11.1 Å². The van der Waals surface area contributed by atoms with Crippen molar-refractivity contribution in [2.45, 2.75) is 26.8 Å². The molecule has 0 bridgehead atoms. The summed E-state index contributed by atoms with van der Waals surface area (Å²) in [6.45, 7) is 6.07. The lowest BCUT2D eigenvalue weighted by Gasteiger charge is -2.24. The molecule has 6 heteroatoms. The Labute approximate surface area is 125 Å². The van der Waals surface area contributed by atoms with E-state index >= 15 is 0 Å². The summed E-state index contributed by atoms with van der Waals surface area (Å²) in [4.78, 5) is 0. The van der Waals surface area contributed by atoms with Gasteiger partial charge in [-0.15, -0.1) is 0 Å². The molecule has 0 fully saturated rings. The minimum atomic E-state index is -0.463. The fourth-order valence-corrected chi connectivity index (χ4v) is 1.97. The zero-order valence-corrected chi connectivity index (χ0v) is 12.8. The molecule has 1 aromatic rings. The highest BCUT2D eigenvalue weighted by Gasteiger charge is 2.17. The summed E-state index contributed by atoms with van der Waals surface area (Å²) in [6, 6.07) is 4.85. The van der Waals surface area contributed by atoms with E-state index in [1.807, 2.05) is 0 Å². The van der Waals surface area contributed by atoms with Gasteiger partial charge >= 0.3 is 0 Å². The standard InChI is InChI=1S/C15H24FN3O2/c1-15(2,7-8-21-3)10-18-9-11-5-4-6-12(13(11)16)14(17)19-20/h4-6,18,20H,7-10H2,1-3H3,(H2,17,19). The first-order valence-electron chi connectivity index (χ1n) is 6.86. The Kier molecular flexibility index (Phi) is 6.58. The molecule has 0 spiro atoms. The average molecular weight is 297 g/mol. The Bertz CT molecular complexity index is 490. The Hall–Kier alpha value is -1.66. The smallest absolute Gasteiger partial charge is 0.173 e. The van der Waals surface area contributed by atoms with Crippen molar-refractivity contribution in [1.82, 2.24) is 5.32 Å². The van der Waals surface area contributed by atoms with Crippen molar-refractivity contribution in [3.8, 4) is 0 Å². The molecule has 0 heterocycles. The fourth-order valence-electron chi connectivity index (χ4n) is 1.97. The molecular formula is C15H24FN3O2. The number of hydrogen-bond donors (Lipinski definition) is 3. The van der Waals surface area contributed by atoms with Gasteiger partial charge in [-0.2, -0.15) is 0 Å². The summed E-state index contributed by atoms with van der Waals surface area (Å²) in [6.07, 6.45) is 0.920. The van der Waals surface area contributed by atoms with E-state index in [9.17, 15) is 4.39 Å². The summed E-state index contributed by atoms with van der Waals surface area (Å²) in [5.41, 5.74) is 6.10. The second-order valence-electron chi connectivity index (χ2n) is 5.77. The number of nitrogens with one attached hydrogen (secondary N) is 1. The zero-order valence-electron chi connectivity index (χ0n) is 12.8. The lowest BCUT2D eigenvalue weighted by Crippen LogP contribution is -2.30.